The largest absolute Gasteiger partial charge is 0.490 e. The van der Waals surface area contributed by atoms with Crippen LogP contribution in [0, 0.1) is 18.8 Å². The SMILES string of the molecule is Cc1ccc(OCC(O)CNCC2CCCC2C)c(Br)c1. The van der Waals surface area contributed by atoms with Gasteiger partial charge in [0.25, 0.3) is 0 Å². The minimum atomic E-state index is -0.477. The molecule has 4 heteroatoms. The van der Waals surface area contributed by atoms with Gasteiger partial charge in [-0.1, -0.05) is 25.8 Å². The van der Waals surface area contributed by atoms with Gasteiger partial charge in [0.05, 0.1) is 4.47 Å². The number of hydrogen-bond donors (Lipinski definition) is 2. The molecule has 0 radical (unpaired) electrons. The van der Waals surface area contributed by atoms with Crippen molar-refractivity contribution in [3.05, 3.63) is 28.2 Å². The van der Waals surface area contributed by atoms with E-state index in [2.05, 4.69) is 28.2 Å². The van der Waals surface area contributed by atoms with Gasteiger partial charge in [0.2, 0.25) is 0 Å². The van der Waals surface area contributed by atoms with E-state index in [0.717, 1.165) is 28.6 Å². The van der Waals surface area contributed by atoms with Crippen LogP contribution < -0.4 is 10.1 Å². The van der Waals surface area contributed by atoms with E-state index in [-0.39, 0.29) is 0 Å². The fraction of sp³-hybridized carbons (Fsp3) is 0.647. The molecular formula is C17H26BrNO2. The normalized spacial score (nSPS) is 23.2. The van der Waals surface area contributed by atoms with Gasteiger partial charge in [-0.15, -0.1) is 0 Å². The molecule has 0 saturated heterocycles. The summed E-state index contributed by atoms with van der Waals surface area (Å²) in [6, 6.07) is 5.95. The molecule has 3 unspecified atom stereocenters. The van der Waals surface area contributed by atoms with Crippen LogP contribution in [0.1, 0.15) is 31.7 Å². The number of aliphatic hydroxyl groups excluding tert-OH is 1. The predicted molar refractivity (Wildman–Crippen MR) is 89.8 cm³/mol. The Morgan fingerprint density at radius 1 is 1.43 bits per heavy atom. The summed E-state index contributed by atoms with van der Waals surface area (Å²) in [4.78, 5) is 0. The third kappa shape index (κ3) is 5.28. The van der Waals surface area contributed by atoms with Gasteiger partial charge in [-0.3, -0.25) is 0 Å². The van der Waals surface area contributed by atoms with Gasteiger partial charge in [0.1, 0.15) is 18.5 Å². The molecule has 1 aliphatic rings. The Bertz CT molecular complexity index is 452. The molecule has 21 heavy (non-hydrogen) atoms. The van der Waals surface area contributed by atoms with Crippen LogP contribution in [0.25, 0.3) is 0 Å². The van der Waals surface area contributed by atoms with E-state index in [0.29, 0.717) is 13.2 Å². The van der Waals surface area contributed by atoms with Crippen LogP contribution >= 0.6 is 15.9 Å². The van der Waals surface area contributed by atoms with Crippen molar-refractivity contribution in [1.29, 1.82) is 0 Å². The van der Waals surface area contributed by atoms with Gasteiger partial charge in [0, 0.05) is 6.54 Å². The molecule has 0 heterocycles. The summed E-state index contributed by atoms with van der Waals surface area (Å²) in [7, 11) is 0. The average Bonchev–Trinajstić information content (AvgIpc) is 2.83. The minimum Gasteiger partial charge on any atom is -0.490 e. The lowest BCUT2D eigenvalue weighted by molar-refractivity contribution is 0.104. The van der Waals surface area contributed by atoms with Gasteiger partial charge in [-0.2, -0.15) is 0 Å². The van der Waals surface area contributed by atoms with E-state index in [1.807, 2.05) is 25.1 Å². The Morgan fingerprint density at radius 2 is 2.24 bits per heavy atom. The molecule has 0 bridgehead atoms. The van der Waals surface area contributed by atoms with Gasteiger partial charge in [0.15, 0.2) is 0 Å². The number of benzene rings is 1. The van der Waals surface area contributed by atoms with Crippen molar-refractivity contribution in [1.82, 2.24) is 5.32 Å². The first kappa shape index (κ1) is 16.8. The highest BCUT2D eigenvalue weighted by atomic mass is 79.9. The van der Waals surface area contributed by atoms with Crippen LogP contribution in [-0.2, 0) is 0 Å². The zero-order valence-electron chi connectivity index (χ0n) is 12.9. The van der Waals surface area contributed by atoms with Gasteiger partial charge < -0.3 is 15.2 Å². The van der Waals surface area contributed by atoms with E-state index in [1.54, 1.807) is 0 Å². The highest BCUT2D eigenvalue weighted by Crippen LogP contribution is 2.30. The Hall–Kier alpha value is -0.580. The number of halogens is 1. The van der Waals surface area contributed by atoms with Crippen molar-refractivity contribution in [3.8, 4) is 5.75 Å². The maximum atomic E-state index is 9.99. The summed E-state index contributed by atoms with van der Waals surface area (Å²) in [5.41, 5.74) is 1.18. The van der Waals surface area contributed by atoms with Crippen LogP contribution in [0.4, 0.5) is 0 Å². The molecule has 0 aromatic heterocycles. The van der Waals surface area contributed by atoms with Gasteiger partial charge in [-0.05, 0) is 65.4 Å². The molecule has 0 spiro atoms. The van der Waals surface area contributed by atoms with E-state index in [4.69, 9.17) is 4.74 Å². The predicted octanol–water partition coefficient (Wildman–Crippen LogP) is 3.52. The van der Waals surface area contributed by atoms with Gasteiger partial charge >= 0.3 is 0 Å². The zero-order chi connectivity index (χ0) is 15.2. The maximum absolute atomic E-state index is 9.99. The molecule has 1 saturated carbocycles. The quantitative estimate of drug-likeness (QED) is 0.786. The smallest absolute Gasteiger partial charge is 0.133 e. The van der Waals surface area contributed by atoms with Crippen LogP contribution in [-0.4, -0.2) is 30.9 Å². The molecule has 2 rings (SSSR count). The molecule has 1 aromatic rings. The van der Waals surface area contributed by atoms with Crippen molar-refractivity contribution in [2.45, 2.75) is 39.2 Å². The second kappa shape index (κ2) is 8.16. The monoisotopic (exact) mass is 355 g/mol. The Balaban J connectivity index is 1.66. The first-order valence-electron chi connectivity index (χ1n) is 7.84. The lowest BCUT2D eigenvalue weighted by Crippen LogP contribution is -2.34. The molecule has 3 nitrogen and oxygen atoms in total. The summed E-state index contributed by atoms with van der Waals surface area (Å²) >= 11 is 3.48. The number of aryl methyl sites for hydroxylation is 1. The maximum Gasteiger partial charge on any atom is 0.133 e. The highest BCUT2D eigenvalue weighted by molar-refractivity contribution is 9.10. The Labute approximate surface area is 136 Å². The van der Waals surface area contributed by atoms with Crippen molar-refractivity contribution < 1.29 is 9.84 Å². The number of nitrogens with one attached hydrogen (secondary N) is 1. The number of ether oxygens (including phenoxy) is 1. The third-order valence-corrected chi connectivity index (χ3v) is 4.96. The molecule has 0 aliphatic heterocycles. The second-order valence-electron chi connectivity index (χ2n) is 6.23. The molecule has 1 aliphatic carbocycles. The zero-order valence-corrected chi connectivity index (χ0v) is 14.5. The van der Waals surface area contributed by atoms with E-state index < -0.39 is 6.10 Å². The number of aliphatic hydroxyl groups is 1. The molecule has 0 amide bonds. The van der Waals surface area contributed by atoms with Crippen molar-refractivity contribution in [3.63, 3.8) is 0 Å². The van der Waals surface area contributed by atoms with Crippen LogP contribution in [0.5, 0.6) is 5.75 Å². The lowest BCUT2D eigenvalue weighted by atomic mass is 9.98. The first-order valence-corrected chi connectivity index (χ1v) is 8.63. The highest BCUT2D eigenvalue weighted by Gasteiger charge is 2.22. The molecule has 1 aromatic carbocycles. The molecule has 1 fully saturated rings. The standard InChI is InChI=1S/C17H26BrNO2/c1-12-6-7-17(16(18)8-12)21-11-15(20)10-19-9-14-5-3-4-13(14)2/h6-8,13-15,19-20H,3-5,9-11H2,1-2H3. The second-order valence-corrected chi connectivity index (χ2v) is 7.08. The topological polar surface area (TPSA) is 41.5 Å². The summed E-state index contributed by atoms with van der Waals surface area (Å²) in [5, 5.41) is 13.4. The lowest BCUT2D eigenvalue weighted by Gasteiger charge is -2.18. The molecule has 2 N–H and O–H groups in total. The minimum absolute atomic E-state index is 0.314. The van der Waals surface area contributed by atoms with Crippen molar-refractivity contribution in [2.75, 3.05) is 19.7 Å². The summed E-state index contributed by atoms with van der Waals surface area (Å²) < 4.78 is 6.59. The van der Waals surface area contributed by atoms with Crippen molar-refractivity contribution in [2.24, 2.45) is 11.8 Å². The van der Waals surface area contributed by atoms with E-state index in [1.165, 1.54) is 24.8 Å². The van der Waals surface area contributed by atoms with E-state index >= 15 is 0 Å². The van der Waals surface area contributed by atoms with E-state index in [9.17, 15) is 5.11 Å². The first-order chi connectivity index (χ1) is 10.1. The molecular weight excluding hydrogens is 330 g/mol. The van der Waals surface area contributed by atoms with Crippen LogP contribution in [0.15, 0.2) is 22.7 Å². The van der Waals surface area contributed by atoms with Crippen LogP contribution in [0.2, 0.25) is 0 Å². The summed E-state index contributed by atoms with van der Waals surface area (Å²) in [5.74, 6) is 2.36. The number of rotatable bonds is 7. The van der Waals surface area contributed by atoms with Gasteiger partial charge in [-0.25, -0.2) is 0 Å². The average molecular weight is 356 g/mol. The molecule has 118 valence electrons. The number of hydrogen-bond acceptors (Lipinski definition) is 3. The Kier molecular flexibility index (Phi) is 6.52. The van der Waals surface area contributed by atoms with Crippen LogP contribution in [0.3, 0.4) is 0 Å². The summed E-state index contributed by atoms with van der Waals surface area (Å²) in [6.07, 6.45) is 3.53. The Morgan fingerprint density at radius 3 is 2.90 bits per heavy atom. The molecule has 3 atom stereocenters. The third-order valence-electron chi connectivity index (χ3n) is 4.34. The fourth-order valence-corrected chi connectivity index (χ4v) is 3.54. The fourth-order valence-electron chi connectivity index (χ4n) is 2.93. The summed E-state index contributed by atoms with van der Waals surface area (Å²) in [6.45, 7) is 6.28. The van der Waals surface area contributed by atoms with Crippen molar-refractivity contribution >= 4 is 15.9 Å².